The first-order valence-electron chi connectivity index (χ1n) is 6.85. The molecule has 0 atom stereocenters. The highest BCUT2D eigenvalue weighted by molar-refractivity contribution is 7.94. The molecule has 0 bridgehead atoms. The maximum atomic E-state index is 12.6. The number of rotatable bonds is 4. The molecule has 2 heterocycles. The summed E-state index contributed by atoms with van der Waals surface area (Å²) in [5, 5.41) is 5.49. The van der Waals surface area contributed by atoms with Crippen LogP contribution in [0.5, 0.6) is 0 Å². The summed E-state index contributed by atoms with van der Waals surface area (Å²) in [6, 6.07) is 7.05. The molecule has 2 aromatic heterocycles. The molecular weight excluding hydrogens is 334 g/mol. The molecule has 0 saturated heterocycles. The van der Waals surface area contributed by atoms with Gasteiger partial charge >= 0.3 is 0 Å². The van der Waals surface area contributed by atoms with E-state index in [0.717, 1.165) is 22.5 Å². The van der Waals surface area contributed by atoms with Gasteiger partial charge in [0.15, 0.2) is 0 Å². The van der Waals surface area contributed by atoms with Gasteiger partial charge < -0.3 is 4.52 Å². The average Bonchev–Trinajstić information content (AvgIpc) is 3.12. The van der Waals surface area contributed by atoms with Crippen LogP contribution in [-0.4, -0.2) is 18.6 Å². The van der Waals surface area contributed by atoms with Crippen LogP contribution in [0.15, 0.2) is 38.4 Å². The van der Waals surface area contributed by atoms with Crippen molar-refractivity contribution in [2.24, 2.45) is 0 Å². The highest BCUT2D eigenvalue weighted by Crippen LogP contribution is 2.29. The number of thiophene rings is 1. The van der Waals surface area contributed by atoms with Gasteiger partial charge in [0.2, 0.25) is 11.7 Å². The first-order chi connectivity index (χ1) is 10.9. The fourth-order valence-electron chi connectivity index (χ4n) is 2.05. The lowest BCUT2D eigenvalue weighted by Crippen LogP contribution is -2.12. The Kier molecular flexibility index (Phi) is 3.95. The molecule has 120 valence electrons. The van der Waals surface area contributed by atoms with Crippen LogP contribution >= 0.6 is 11.3 Å². The van der Waals surface area contributed by atoms with Crippen LogP contribution in [0.2, 0.25) is 0 Å². The zero-order chi connectivity index (χ0) is 16.6. The molecule has 3 rings (SSSR count). The van der Waals surface area contributed by atoms with Gasteiger partial charge in [-0.05, 0) is 37.1 Å². The third-order valence-electron chi connectivity index (χ3n) is 3.47. The lowest BCUT2D eigenvalue weighted by Gasteiger charge is -2.10. The minimum absolute atomic E-state index is 0.204. The predicted octanol–water partition coefficient (Wildman–Crippen LogP) is 3.52. The molecular formula is C15H15N3O3S2. The maximum Gasteiger partial charge on any atom is 0.271 e. The van der Waals surface area contributed by atoms with E-state index in [0.29, 0.717) is 23.0 Å². The Morgan fingerprint density at radius 2 is 2.00 bits per heavy atom. The van der Waals surface area contributed by atoms with Crippen molar-refractivity contribution in [3.8, 4) is 11.4 Å². The van der Waals surface area contributed by atoms with E-state index in [4.69, 9.17) is 4.52 Å². The molecule has 0 saturated carbocycles. The molecule has 8 heteroatoms. The van der Waals surface area contributed by atoms with Gasteiger partial charge in [-0.15, -0.1) is 11.3 Å². The third-order valence-corrected chi connectivity index (χ3v) is 6.28. The Balaban J connectivity index is 1.91. The van der Waals surface area contributed by atoms with Crippen molar-refractivity contribution in [2.75, 3.05) is 4.72 Å². The fourth-order valence-corrected chi connectivity index (χ4v) is 4.33. The van der Waals surface area contributed by atoms with Crippen LogP contribution in [0, 0.1) is 20.8 Å². The van der Waals surface area contributed by atoms with E-state index in [1.54, 1.807) is 24.4 Å². The molecule has 0 aliphatic rings. The monoisotopic (exact) mass is 349 g/mol. The molecule has 0 aliphatic carbocycles. The molecule has 0 spiro atoms. The molecule has 0 radical (unpaired) electrons. The zero-order valence-corrected chi connectivity index (χ0v) is 14.5. The summed E-state index contributed by atoms with van der Waals surface area (Å²) in [4.78, 5) is 4.10. The standard InChI is InChI=1S/C15H15N3O3S2/c1-9-5-4-6-13(10(9)2)18-23(19,20)14-7-12(8-22-14)15-16-11(3)21-17-15/h4-8,18H,1-3H3. The smallest absolute Gasteiger partial charge is 0.271 e. The topological polar surface area (TPSA) is 85.1 Å². The molecule has 0 fully saturated rings. The van der Waals surface area contributed by atoms with Gasteiger partial charge in [0, 0.05) is 17.9 Å². The number of sulfonamides is 1. The Hall–Kier alpha value is -2.19. The summed E-state index contributed by atoms with van der Waals surface area (Å²) in [6.07, 6.45) is 0. The highest BCUT2D eigenvalue weighted by Gasteiger charge is 2.20. The van der Waals surface area contributed by atoms with Crippen LogP contribution in [-0.2, 0) is 10.0 Å². The van der Waals surface area contributed by atoms with Crippen LogP contribution in [0.4, 0.5) is 5.69 Å². The predicted molar refractivity (Wildman–Crippen MR) is 89.1 cm³/mol. The van der Waals surface area contributed by atoms with Crippen LogP contribution < -0.4 is 4.72 Å². The second kappa shape index (κ2) is 5.78. The molecule has 0 amide bonds. The SMILES string of the molecule is Cc1nc(-c2csc(S(=O)(=O)Nc3cccc(C)c3C)c2)no1. The summed E-state index contributed by atoms with van der Waals surface area (Å²) in [6.45, 7) is 5.51. The molecule has 0 unspecified atom stereocenters. The second-order valence-corrected chi connectivity index (χ2v) is 7.96. The minimum Gasteiger partial charge on any atom is -0.339 e. The van der Waals surface area contributed by atoms with Crippen molar-refractivity contribution in [3.63, 3.8) is 0 Å². The van der Waals surface area contributed by atoms with E-state index in [9.17, 15) is 8.42 Å². The van der Waals surface area contributed by atoms with Gasteiger partial charge in [0.05, 0.1) is 5.69 Å². The summed E-state index contributed by atoms with van der Waals surface area (Å²) < 4.78 is 32.9. The molecule has 6 nitrogen and oxygen atoms in total. The van der Waals surface area contributed by atoms with E-state index >= 15 is 0 Å². The molecule has 0 aliphatic heterocycles. The first-order valence-corrected chi connectivity index (χ1v) is 9.21. The summed E-state index contributed by atoms with van der Waals surface area (Å²) >= 11 is 1.12. The zero-order valence-electron chi connectivity index (χ0n) is 12.8. The van der Waals surface area contributed by atoms with Crippen LogP contribution in [0.25, 0.3) is 11.4 Å². The van der Waals surface area contributed by atoms with Crippen molar-refractivity contribution in [1.29, 1.82) is 0 Å². The van der Waals surface area contributed by atoms with Crippen molar-refractivity contribution in [2.45, 2.75) is 25.0 Å². The molecule has 1 N–H and O–H groups in total. The second-order valence-electron chi connectivity index (χ2n) is 5.14. The Bertz CT molecular complexity index is 958. The van der Waals surface area contributed by atoms with E-state index in [-0.39, 0.29) is 4.21 Å². The van der Waals surface area contributed by atoms with Gasteiger partial charge in [0.1, 0.15) is 4.21 Å². The highest BCUT2D eigenvalue weighted by atomic mass is 32.2. The number of hydrogen-bond donors (Lipinski definition) is 1. The summed E-state index contributed by atoms with van der Waals surface area (Å²) in [5.74, 6) is 0.816. The number of benzene rings is 1. The number of hydrogen-bond acceptors (Lipinski definition) is 6. The normalized spacial score (nSPS) is 11.6. The van der Waals surface area contributed by atoms with E-state index in [1.807, 2.05) is 26.0 Å². The Morgan fingerprint density at radius 3 is 2.70 bits per heavy atom. The van der Waals surface area contributed by atoms with Gasteiger partial charge in [-0.1, -0.05) is 17.3 Å². The van der Waals surface area contributed by atoms with E-state index < -0.39 is 10.0 Å². The maximum absolute atomic E-state index is 12.6. The van der Waals surface area contributed by atoms with Crippen molar-refractivity contribution in [1.82, 2.24) is 10.1 Å². The van der Waals surface area contributed by atoms with Crippen molar-refractivity contribution < 1.29 is 12.9 Å². The van der Waals surface area contributed by atoms with E-state index in [2.05, 4.69) is 14.9 Å². The van der Waals surface area contributed by atoms with Gasteiger partial charge in [-0.3, -0.25) is 4.72 Å². The summed E-state index contributed by atoms with van der Waals surface area (Å²) in [7, 11) is -3.65. The average molecular weight is 349 g/mol. The molecule has 1 aromatic carbocycles. The third kappa shape index (κ3) is 3.13. The minimum atomic E-state index is -3.65. The number of anilines is 1. The number of aromatic nitrogens is 2. The van der Waals surface area contributed by atoms with E-state index in [1.165, 1.54) is 0 Å². The fraction of sp³-hybridized carbons (Fsp3) is 0.200. The lowest BCUT2D eigenvalue weighted by molar-refractivity contribution is 0.394. The van der Waals surface area contributed by atoms with Crippen molar-refractivity contribution in [3.05, 3.63) is 46.7 Å². The van der Waals surface area contributed by atoms with Crippen LogP contribution in [0.1, 0.15) is 17.0 Å². The Morgan fingerprint density at radius 1 is 1.22 bits per heavy atom. The van der Waals surface area contributed by atoms with Crippen LogP contribution in [0.3, 0.4) is 0 Å². The van der Waals surface area contributed by atoms with Gasteiger partial charge in [0.25, 0.3) is 10.0 Å². The number of nitrogens with one attached hydrogen (secondary N) is 1. The molecule has 3 aromatic rings. The first kappa shape index (κ1) is 15.7. The quantitative estimate of drug-likeness (QED) is 0.779. The summed E-state index contributed by atoms with van der Waals surface area (Å²) in [5.41, 5.74) is 3.13. The van der Waals surface area contributed by atoms with Gasteiger partial charge in [-0.25, -0.2) is 8.42 Å². The number of nitrogens with zero attached hydrogens (tertiary/aromatic N) is 2. The van der Waals surface area contributed by atoms with Gasteiger partial charge in [-0.2, -0.15) is 4.98 Å². The van der Waals surface area contributed by atoms with Crippen molar-refractivity contribution >= 4 is 27.0 Å². The Labute approximate surface area is 138 Å². The largest absolute Gasteiger partial charge is 0.339 e. The molecule has 23 heavy (non-hydrogen) atoms. The lowest BCUT2D eigenvalue weighted by atomic mass is 10.1. The number of aryl methyl sites for hydroxylation is 2.